The number of carbonyl (C=O) groups is 1. The number of hydrazine groups is 1. The van der Waals surface area contributed by atoms with Crippen molar-refractivity contribution in [3.63, 3.8) is 0 Å². The lowest BCUT2D eigenvalue weighted by atomic mass is 9.97. The Bertz CT molecular complexity index is 1440. The van der Waals surface area contributed by atoms with Gasteiger partial charge in [0.1, 0.15) is 5.69 Å². The highest BCUT2D eigenvalue weighted by Crippen LogP contribution is 2.31. The SMILES string of the molecule is CC(=O)NNC(=NS(=O)(=O)c1ccc(Cl)cc1)n1cc(C2=CCCC=C2)c(-c2ccc(Cl)cc2)n1. The Morgan fingerprint density at radius 2 is 1.66 bits per heavy atom. The first-order valence-electron chi connectivity index (χ1n) is 10.6. The molecule has 0 unspecified atom stereocenters. The van der Waals surface area contributed by atoms with E-state index in [1.807, 2.05) is 18.2 Å². The molecule has 0 saturated carbocycles. The van der Waals surface area contributed by atoms with Crippen LogP contribution in [0.2, 0.25) is 10.0 Å². The molecule has 0 aliphatic heterocycles. The van der Waals surface area contributed by atoms with Gasteiger partial charge < -0.3 is 0 Å². The summed E-state index contributed by atoms with van der Waals surface area (Å²) in [5.74, 6) is -0.651. The van der Waals surface area contributed by atoms with E-state index in [0.717, 1.165) is 29.5 Å². The average molecular weight is 530 g/mol. The molecular formula is C24H21Cl2N5O3S. The maximum atomic E-state index is 13.0. The molecule has 35 heavy (non-hydrogen) atoms. The first-order chi connectivity index (χ1) is 16.7. The molecule has 1 aliphatic rings. The van der Waals surface area contributed by atoms with Gasteiger partial charge in [-0.15, -0.1) is 4.40 Å². The van der Waals surface area contributed by atoms with Crippen LogP contribution in [-0.2, 0) is 14.8 Å². The fraction of sp³-hybridized carbons (Fsp3) is 0.125. The van der Waals surface area contributed by atoms with Crippen LogP contribution in [-0.4, -0.2) is 30.1 Å². The third kappa shape index (κ3) is 6.00. The van der Waals surface area contributed by atoms with Gasteiger partial charge in [0.15, 0.2) is 0 Å². The highest BCUT2D eigenvalue weighted by molar-refractivity contribution is 7.90. The lowest BCUT2D eigenvalue weighted by Gasteiger charge is -2.10. The van der Waals surface area contributed by atoms with E-state index in [1.165, 1.54) is 35.9 Å². The molecule has 4 rings (SSSR count). The van der Waals surface area contributed by atoms with Crippen molar-refractivity contribution in [2.24, 2.45) is 4.40 Å². The van der Waals surface area contributed by atoms with Crippen molar-refractivity contribution in [1.29, 1.82) is 0 Å². The van der Waals surface area contributed by atoms with Gasteiger partial charge in [0.25, 0.3) is 16.0 Å². The highest BCUT2D eigenvalue weighted by atomic mass is 35.5. The molecule has 1 aromatic heterocycles. The number of allylic oxidation sites excluding steroid dienone is 4. The number of nitrogens with one attached hydrogen (secondary N) is 2. The number of hydrogen-bond acceptors (Lipinski definition) is 4. The van der Waals surface area contributed by atoms with E-state index < -0.39 is 15.9 Å². The van der Waals surface area contributed by atoms with Crippen LogP contribution in [0.4, 0.5) is 0 Å². The maximum absolute atomic E-state index is 13.0. The molecule has 1 aliphatic carbocycles. The van der Waals surface area contributed by atoms with E-state index >= 15 is 0 Å². The number of rotatable bonds is 4. The van der Waals surface area contributed by atoms with Gasteiger partial charge in [0, 0.05) is 34.3 Å². The molecule has 2 N–H and O–H groups in total. The van der Waals surface area contributed by atoms with Crippen LogP contribution in [0.5, 0.6) is 0 Å². The largest absolute Gasteiger partial charge is 0.285 e. The van der Waals surface area contributed by atoms with Crippen molar-refractivity contribution in [2.75, 3.05) is 0 Å². The maximum Gasteiger partial charge on any atom is 0.285 e. The van der Waals surface area contributed by atoms with Crippen molar-refractivity contribution in [1.82, 2.24) is 20.6 Å². The summed E-state index contributed by atoms with van der Waals surface area (Å²) in [5.41, 5.74) is 8.02. The number of aromatic nitrogens is 2. The van der Waals surface area contributed by atoms with Crippen LogP contribution in [0.3, 0.4) is 0 Å². The molecule has 1 heterocycles. The molecule has 0 bridgehead atoms. The molecule has 0 spiro atoms. The summed E-state index contributed by atoms with van der Waals surface area (Å²) < 4.78 is 31.2. The van der Waals surface area contributed by atoms with Crippen LogP contribution in [0.15, 0.2) is 82.2 Å². The lowest BCUT2D eigenvalue weighted by molar-refractivity contribution is -0.119. The summed E-state index contributed by atoms with van der Waals surface area (Å²) in [6.45, 7) is 1.28. The van der Waals surface area contributed by atoms with Crippen LogP contribution < -0.4 is 10.9 Å². The first-order valence-corrected chi connectivity index (χ1v) is 12.8. The molecule has 180 valence electrons. The van der Waals surface area contributed by atoms with E-state index in [9.17, 15) is 13.2 Å². The summed E-state index contributed by atoms with van der Waals surface area (Å²) in [4.78, 5) is 11.5. The summed E-state index contributed by atoms with van der Waals surface area (Å²) in [6, 6.07) is 12.8. The van der Waals surface area contributed by atoms with Crippen molar-refractivity contribution < 1.29 is 13.2 Å². The van der Waals surface area contributed by atoms with Crippen LogP contribution in [0, 0.1) is 0 Å². The Morgan fingerprint density at radius 1 is 1.00 bits per heavy atom. The van der Waals surface area contributed by atoms with E-state index in [1.54, 1.807) is 18.3 Å². The second-order valence-electron chi connectivity index (χ2n) is 7.63. The predicted molar refractivity (Wildman–Crippen MR) is 137 cm³/mol. The number of benzene rings is 2. The topological polar surface area (TPSA) is 105 Å². The summed E-state index contributed by atoms with van der Waals surface area (Å²) in [5, 5.41) is 5.59. The molecule has 11 heteroatoms. The van der Waals surface area contributed by atoms with E-state index in [4.69, 9.17) is 23.2 Å². The van der Waals surface area contributed by atoms with E-state index in [0.29, 0.717) is 15.7 Å². The van der Waals surface area contributed by atoms with Gasteiger partial charge in [-0.05, 0) is 54.8 Å². The minimum Gasteiger partial charge on any atom is -0.274 e. The fourth-order valence-corrected chi connectivity index (χ4v) is 4.56. The van der Waals surface area contributed by atoms with Crippen molar-refractivity contribution in [2.45, 2.75) is 24.7 Å². The van der Waals surface area contributed by atoms with Gasteiger partial charge in [-0.3, -0.25) is 15.6 Å². The van der Waals surface area contributed by atoms with Crippen LogP contribution >= 0.6 is 23.2 Å². The minimum atomic E-state index is -4.16. The number of amides is 1. The molecule has 0 atom stereocenters. The van der Waals surface area contributed by atoms with Gasteiger partial charge in [0.05, 0.1) is 4.90 Å². The van der Waals surface area contributed by atoms with Crippen LogP contribution in [0.25, 0.3) is 16.8 Å². The lowest BCUT2D eigenvalue weighted by Crippen LogP contribution is -2.44. The zero-order valence-electron chi connectivity index (χ0n) is 18.6. The van der Waals surface area contributed by atoms with Gasteiger partial charge in [-0.1, -0.05) is 53.6 Å². The molecule has 8 nitrogen and oxygen atoms in total. The molecule has 1 amide bonds. The summed E-state index contributed by atoms with van der Waals surface area (Å²) >= 11 is 11.9. The number of sulfonamides is 1. The minimum absolute atomic E-state index is 0.0627. The molecule has 0 saturated heterocycles. The Morgan fingerprint density at radius 3 is 2.26 bits per heavy atom. The van der Waals surface area contributed by atoms with Crippen LogP contribution in [0.1, 0.15) is 25.3 Å². The Balaban J connectivity index is 1.85. The third-order valence-electron chi connectivity index (χ3n) is 5.02. The number of hydrogen-bond donors (Lipinski definition) is 2. The molecule has 0 fully saturated rings. The molecule has 0 radical (unpaired) electrons. The number of carbonyl (C=O) groups excluding carboxylic acids is 1. The fourth-order valence-electron chi connectivity index (χ4n) is 3.37. The zero-order chi connectivity index (χ0) is 25.0. The van der Waals surface area contributed by atoms with Gasteiger partial charge in [-0.25, -0.2) is 4.68 Å². The first kappa shape index (κ1) is 24.7. The van der Waals surface area contributed by atoms with Gasteiger partial charge >= 0.3 is 0 Å². The van der Waals surface area contributed by atoms with Crippen molar-refractivity contribution in [3.8, 4) is 11.3 Å². The summed E-state index contributed by atoms with van der Waals surface area (Å²) in [6.07, 6.45) is 9.61. The second kappa shape index (κ2) is 10.5. The molecule has 3 aromatic rings. The normalized spacial score (nSPS) is 13.9. The van der Waals surface area contributed by atoms with E-state index in [2.05, 4.69) is 32.5 Å². The van der Waals surface area contributed by atoms with Gasteiger partial charge in [-0.2, -0.15) is 13.5 Å². The molecule has 2 aromatic carbocycles. The Labute approximate surface area is 213 Å². The quantitative estimate of drug-likeness (QED) is 0.286. The Hall–Kier alpha value is -3.40. The van der Waals surface area contributed by atoms with Crippen molar-refractivity contribution >= 4 is 50.7 Å². The zero-order valence-corrected chi connectivity index (χ0v) is 20.9. The summed E-state index contributed by atoms with van der Waals surface area (Å²) in [7, 11) is -4.16. The number of nitrogens with zero attached hydrogens (tertiary/aromatic N) is 3. The smallest absolute Gasteiger partial charge is 0.274 e. The average Bonchev–Trinajstić information content (AvgIpc) is 3.28. The number of halogens is 2. The predicted octanol–water partition coefficient (Wildman–Crippen LogP) is 4.82. The highest BCUT2D eigenvalue weighted by Gasteiger charge is 2.20. The van der Waals surface area contributed by atoms with Crippen molar-refractivity contribution in [3.05, 3.63) is 88.6 Å². The Kier molecular flexibility index (Phi) is 7.39. The second-order valence-corrected chi connectivity index (χ2v) is 10.1. The molecular weight excluding hydrogens is 509 g/mol. The monoisotopic (exact) mass is 529 g/mol. The van der Waals surface area contributed by atoms with E-state index in [-0.39, 0.29) is 10.9 Å². The standard InChI is InChI=1S/C24H21Cl2N5O3S/c1-16(32)27-28-24(30-35(33,34)21-13-11-20(26)12-14-21)31-15-22(17-5-3-2-4-6-17)23(29-31)18-7-9-19(25)10-8-18/h3,5-15H,2,4H2,1H3,(H,27,32)(H,28,30). The van der Waals surface area contributed by atoms with Gasteiger partial charge in [0.2, 0.25) is 5.91 Å². The third-order valence-corrected chi connectivity index (χ3v) is 6.81.